The SMILES string of the molecule is CCCc1cccc(C(O)C(C)(C)N2CCOCC2)c1. The van der Waals surface area contributed by atoms with E-state index >= 15 is 0 Å². The molecule has 3 nitrogen and oxygen atoms in total. The van der Waals surface area contributed by atoms with Gasteiger partial charge in [0.15, 0.2) is 0 Å². The third-order valence-electron chi connectivity index (χ3n) is 4.30. The predicted molar refractivity (Wildman–Crippen MR) is 81.9 cm³/mol. The summed E-state index contributed by atoms with van der Waals surface area (Å²) < 4.78 is 5.41. The van der Waals surface area contributed by atoms with Crippen molar-refractivity contribution in [2.75, 3.05) is 26.3 Å². The van der Waals surface area contributed by atoms with Gasteiger partial charge in [-0.05, 0) is 31.4 Å². The van der Waals surface area contributed by atoms with E-state index in [4.69, 9.17) is 4.74 Å². The molecule has 1 unspecified atom stereocenters. The second-order valence-electron chi connectivity index (χ2n) is 6.15. The minimum absolute atomic E-state index is 0.269. The molecule has 1 saturated heterocycles. The highest BCUT2D eigenvalue weighted by Gasteiger charge is 2.36. The predicted octanol–water partition coefficient (Wildman–Crippen LogP) is 2.78. The molecule has 2 rings (SSSR count). The summed E-state index contributed by atoms with van der Waals surface area (Å²) in [4.78, 5) is 2.33. The summed E-state index contributed by atoms with van der Waals surface area (Å²) in [6, 6.07) is 8.38. The van der Waals surface area contributed by atoms with Crippen LogP contribution in [0, 0.1) is 0 Å². The number of aryl methyl sites for hydroxylation is 1. The Morgan fingerprint density at radius 2 is 2.00 bits per heavy atom. The highest BCUT2D eigenvalue weighted by atomic mass is 16.5. The first-order valence-corrected chi connectivity index (χ1v) is 7.65. The Hall–Kier alpha value is -0.900. The van der Waals surface area contributed by atoms with Gasteiger partial charge in [0.25, 0.3) is 0 Å². The van der Waals surface area contributed by atoms with Gasteiger partial charge < -0.3 is 9.84 Å². The molecule has 1 N–H and O–H groups in total. The molecule has 1 aliphatic rings. The molecule has 1 heterocycles. The van der Waals surface area contributed by atoms with Crippen molar-refractivity contribution < 1.29 is 9.84 Å². The first-order chi connectivity index (χ1) is 9.55. The number of morpholine rings is 1. The van der Waals surface area contributed by atoms with Gasteiger partial charge in [0.05, 0.1) is 19.3 Å². The molecule has 0 radical (unpaired) electrons. The van der Waals surface area contributed by atoms with E-state index < -0.39 is 6.10 Å². The van der Waals surface area contributed by atoms with Crippen molar-refractivity contribution in [1.82, 2.24) is 4.90 Å². The van der Waals surface area contributed by atoms with Gasteiger partial charge in [0, 0.05) is 18.6 Å². The number of aliphatic hydroxyl groups is 1. The van der Waals surface area contributed by atoms with Crippen LogP contribution in [0.25, 0.3) is 0 Å². The molecular formula is C17H27NO2. The summed E-state index contributed by atoms with van der Waals surface area (Å²) >= 11 is 0. The molecule has 0 spiro atoms. The molecular weight excluding hydrogens is 250 g/mol. The van der Waals surface area contributed by atoms with Crippen LogP contribution in [-0.2, 0) is 11.2 Å². The molecule has 0 aromatic heterocycles. The first-order valence-electron chi connectivity index (χ1n) is 7.65. The van der Waals surface area contributed by atoms with E-state index in [2.05, 4.69) is 43.9 Å². The lowest BCUT2D eigenvalue weighted by Gasteiger charge is -2.44. The largest absolute Gasteiger partial charge is 0.386 e. The van der Waals surface area contributed by atoms with Crippen LogP contribution >= 0.6 is 0 Å². The minimum Gasteiger partial charge on any atom is -0.386 e. The quantitative estimate of drug-likeness (QED) is 0.898. The van der Waals surface area contributed by atoms with Gasteiger partial charge in [-0.1, -0.05) is 37.6 Å². The van der Waals surface area contributed by atoms with Crippen molar-refractivity contribution in [2.24, 2.45) is 0 Å². The third kappa shape index (κ3) is 3.40. The lowest BCUT2D eigenvalue weighted by molar-refractivity contribution is -0.0630. The van der Waals surface area contributed by atoms with Crippen molar-refractivity contribution >= 4 is 0 Å². The molecule has 1 aliphatic heterocycles. The fourth-order valence-corrected chi connectivity index (χ4v) is 2.93. The Balaban J connectivity index is 2.15. The molecule has 0 aliphatic carbocycles. The average molecular weight is 277 g/mol. The van der Waals surface area contributed by atoms with Crippen LogP contribution in [-0.4, -0.2) is 41.8 Å². The molecule has 0 saturated carbocycles. The zero-order valence-electron chi connectivity index (χ0n) is 12.9. The number of hydrogen-bond donors (Lipinski definition) is 1. The number of ether oxygens (including phenoxy) is 1. The summed E-state index contributed by atoms with van der Waals surface area (Å²) in [6.07, 6.45) is 1.72. The normalized spacial score (nSPS) is 19.0. The van der Waals surface area contributed by atoms with Gasteiger partial charge in [-0.2, -0.15) is 0 Å². The Labute approximate surface area is 122 Å². The smallest absolute Gasteiger partial charge is 0.0968 e. The van der Waals surface area contributed by atoms with Gasteiger partial charge in [-0.15, -0.1) is 0 Å². The highest BCUT2D eigenvalue weighted by molar-refractivity contribution is 5.27. The second-order valence-corrected chi connectivity index (χ2v) is 6.15. The van der Waals surface area contributed by atoms with E-state index in [-0.39, 0.29) is 5.54 Å². The number of benzene rings is 1. The van der Waals surface area contributed by atoms with E-state index in [1.807, 2.05) is 6.07 Å². The number of rotatable bonds is 5. The molecule has 112 valence electrons. The first kappa shape index (κ1) is 15.5. The van der Waals surface area contributed by atoms with E-state index in [1.165, 1.54) is 5.56 Å². The summed E-state index contributed by atoms with van der Waals surface area (Å²) in [5.74, 6) is 0. The highest BCUT2D eigenvalue weighted by Crippen LogP contribution is 2.32. The number of aliphatic hydroxyl groups excluding tert-OH is 1. The lowest BCUT2D eigenvalue weighted by Crippen LogP contribution is -2.53. The molecule has 1 fully saturated rings. The maximum Gasteiger partial charge on any atom is 0.0968 e. The van der Waals surface area contributed by atoms with E-state index in [9.17, 15) is 5.11 Å². The molecule has 20 heavy (non-hydrogen) atoms. The Morgan fingerprint density at radius 3 is 2.65 bits per heavy atom. The molecule has 1 atom stereocenters. The Kier molecular flexibility index (Phi) is 5.19. The van der Waals surface area contributed by atoms with E-state index in [1.54, 1.807) is 0 Å². The van der Waals surface area contributed by atoms with Gasteiger partial charge >= 0.3 is 0 Å². The van der Waals surface area contributed by atoms with Crippen molar-refractivity contribution in [3.63, 3.8) is 0 Å². The second kappa shape index (κ2) is 6.70. The van der Waals surface area contributed by atoms with Crippen molar-refractivity contribution in [3.8, 4) is 0 Å². The fourth-order valence-electron chi connectivity index (χ4n) is 2.93. The topological polar surface area (TPSA) is 32.7 Å². The van der Waals surface area contributed by atoms with Crippen LogP contribution in [0.3, 0.4) is 0 Å². The van der Waals surface area contributed by atoms with Crippen molar-refractivity contribution in [3.05, 3.63) is 35.4 Å². The fraction of sp³-hybridized carbons (Fsp3) is 0.647. The molecule has 0 amide bonds. The van der Waals surface area contributed by atoms with Gasteiger partial charge in [0.1, 0.15) is 0 Å². The molecule has 1 aromatic carbocycles. The van der Waals surface area contributed by atoms with Crippen LogP contribution in [0.2, 0.25) is 0 Å². The molecule has 3 heteroatoms. The standard InChI is InChI=1S/C17H27NO2/c1-4-6-14-7-5-8-15(13-14)16(19)17(2,3)18-9-11-20-12-10-18/h5,7-8,13,16,19H,4,6,9-12H2,1-3H3. The van der Waals surface area contributed by atoms with Crippen LogP contribution in [0.4, 0.5) is 0 Å². The van der Waals surface area contributed by atoms with E-state index in [0.717, 1.165) is 44.7 Å². The summed E-state index contributed by atoms with van der Waals surface area (Å²) in [5, 5.41) is 10.8. The Morgan fingerprint density at radius 1 is 1.30 bits per heavy atom. The summed E-state index contributed by atoms with van der Waals surface area (Å²) in [7, 11) is 0. The minimum atomic E-state index is -0.475. The number of hydrogen-bond acceptors (Lipinski definition) is 3. The molecule has 0 bridgehead atoms. The van der Waals surface area contributed by atoms with E-state index in [0.29, 0.717) is 0 Å². The van der Waals surface area contributed by atoms with Crippen molar-refractivity contribution in [2.45, 2.75) is 45.3 Å². The lowest BCUT2D eigenvalue weighted by atomic mass is 9.88. The van der Waals surface area contributed by atoms with Gasteiger partial charge in [0.2, 0.25) is 0 Å². The van der Waals surface area contributed by atoms with Crippen LogP contribution in [0.15, 0.2) is 24.3 Å². The maximum absolute atomic E-state index is 10.8. The van der Waals surface area contributed by atoms with Crippen LogP contribution < -0.4 is 0 Å². The van der Waals surface area contributed by atoms with Gasteiger partial charge in [-0.25, -0.2) is 0 Å². The van der Waals surface area contributed by atoms with Crippen LogP contribution in [0.1, 0.15) is 44.4 Å². The zero-order chi connectivity index (χ0) is 14.6. The van der Waals surface area contributed by atoms with Crippen LogP contribution in [0.5, 0.6) is 0 Å². The third-order valence-corrected chi connectivity index (χ3v) is 4.30. The average Bonchev–Trinajstić information content (AvgIpc) is 2.48. The zero-order valence-corrected chi connectivity index (χ0v) is 12.9. The summed E-state index contributed by atoms with van der Waals surface area (Å²) in [5.41, 5.74) is 2.06. The maximum atomic E-state index is 10.8. The van der Waals surface area contributed by atoms with Crippen molar-refractivity contribution in [1.29, 1.82) is 0 Å². The number of nitrogens with zero attached hydrogens (tertiary/aromatic N) is 1. The Bertz CT molecular complexity index is 425. The summed E-state index contributed by atoms with van der Waals surface area (Å²) in [6.45, 7) is 9.71. The molecule has 1 aromatic rings. The monoisotopic (exact) mass is 277 g/mol. The van der Waals surface area contributed by atoms with Gasteiger partial charge in [-0.3, -0.25) is 4.90 Å².